The highest BCUT2D eigenvalue weighted by Crippen LogP contribution is 2.24. The van der Waals surface area contributed by atoms with Crippen LogP contribution in [0.2, 0.25) is 0 Å². The van der Waals surface area contributed by atoms with E-state index in [0.29, 0.717) is 37.4 Å². The Morgan fingerprint density at radius 1 is 1.27 bits per heavy atom. The molecule has 0 atom stereocenters. The number of rotatable bonds is 6. The van der Waals surface area contributed by atoms with E-state index in [-0.39, 0.29) is 11.8 Å². The molecule has 140 valence electrons. The Balaban J connectivity index is 1.55. The molecule has 1 N–H and O–H groups in total. The number of piperidine rings is 1. The Kier molecular flexibility index (Phi) is 6.05. The first-order chi connectivity index (χ1) is 12.5. The van der Waals surface area contributed by atoms with Gasteiger partial charge >= 0.3 is 0 Å². The third-order valence-corrected chi connectivity index (χ3v) is 7.27. The molecule has 3 rings (SSSR count). The van der Waals surface area contributed by atoms with Crippen molar-refractivity contribution in [3.63, 3.8) is 0 Å². The maximum Gasteiger partial charge on any atom is 0.243 e. The first kappa shape index (κ1) is 19.0. The number of carbonyl (C=O) groups excluding carboxylic acids is 1. The summed E-state index contributed by atoms with van der Waals surface area (Å²) in [4.78, 5) is 16.7. The Morgan fingerprint density at radius 2 is 1.96 bits per heavy atom. The second-order valence-electron chi connectivity index (χ2n) is 6.37. The van der Waals surface area contributed by atoms with Gasteiger partial charge < -0.3 is 5.32 Å². The van der Waals surface area contributed by atoms with Gasteiger partial charge in [0.1, 0.15) is 0 Å². The highest BCUT2D eigenvalue weighted by Gasteiger charge is 2.32. The van der Waals surface area contributed by atoms with E-state index in [1.54, 1.807) is 17.6 Å². The van der Waals surface area contributed by atoms with E-state index in [4.69, 9.17) is 0 Å². The van der Waals surface area contributed by atoms with Crippen molar-refractivity contribution in [2.45, 2.75) is 37.6 Å². The zero-order valence-electron chi connectivity index (χ0n) is 14.7. The molecule has 8 heteroatoms. The van der Waals surface area contributed by atoms with E-state index in [1.807, 2.05) is 24.4 Å². The molecular weight excluding hydrogens is 370 g/mol. The molecule has 0 aliphatic carbocycles. The molecule has 1 amide bonds. The summed E-state index contributed by atoms with van der Waals surface area (Å²) in [6.45, 7) is 3.19. The van der Waals surface area contributed by atoms with Crippen molar-refractivity contribution in [2.75, 3.05) is 13.1 Å². The van der Waals surface area contributed by atoms with Gasteiger partial charge in [0.05, 0.1) is 22.6 Å². The van der Waals surface area contributed by atoms with E-state index in [2.05, 4.69) is 10.3 Å². The van der Waals surface area contributed by atoms with Gasteiger partial charge in [-0.05, 0) is 37.0 Å². The first-order valence-electron chi connectivity index (χ1n) is 8.74. The molecular formula is C18H23N3O3S2. The highest BCUT2D eigenvalue weighted by atomic mass is 32.2. The molecule has 0 saturated carbocycles. The van der Waals surface area contributed by atoms with Gasteiger partial charge in [-0.15, -0.1) is 11.3 Å². The van der Waals surface area contributed by atoms with Crippen molar-refractivity contribution in [3.8, 4) is 0 Å². The van der Waals surface area contributed by atoms with Crippen LogP contribution in [0, 0.1) is 5.92 Å². The lowest BCUT2D eigenvalue weighted by Gasteiger charge is -2.30. The monoisotopic (exact) mass is 393 g/mol. The smallest absolute Gasteiger partial charge is 0.243 e. The molecule has 1 aromatic carbocycles. The van der Waals surface area contributed by atoms with E-state index >= 15 is 0 Å². The molecule has 1 saturated heterocycles. The predicted octanol–water partition coefficient (Wildman–Crippen LogP) is 2.42. The van der Waals surface area contributed by atoms with Gasteiger partial charge in [0, 0.05) is 24.4 Å². The van der Waals surface area contributed by atoms with Gasteiger partial charge in [0.15, 0.2) is 0 Å². The van der Waals surface area contributed by atoms with Crippen molar-refractivity contribution in [3.05, 3.63) is 46.4 Å². The van der Waals surface area contributed by atoms with Crippen LogP contribution in [0.1, 0.15) is 31.0 Å². The Labute approximate surface area is 158 Å². The lowest BCUT2D eigenvalue weighted by Crippen LogP contribution is -2.42. The van der Waals surface area contributed by atoms with E-state index < -0.39 is 10.0 Å². The Morgan fingerprint density at radius 3 is 2.54 bits per heavy atom. The second-order valence-corrected chi connectivity index (χ2v) is 9.03. The summed E-state index contributed by atoms with van der Waals surface area (Å²) in [5.41, 5.74) is 3.69. The van der Waals surface area contributed by atoms with Crippen LogP contribution in [0.15, 0.2) is 40.1 Å². The number of hydrogen-bond donors (Lipinski definition) is 1. The highest BCUT2D eigenvalue weighted by molar-refractivity contribution is 7.89. The fraction of sp³-hybridized carbons (Fsp3) is 0.444. The van der Waals surface area contributed by atoms with Gasteiger partial charge in [0.2, 0.25) is 15.9 Å². The van der Waals surface area contributed by atoms with Crippen molar-refractivity contribution in [1.82, 2.24) is 14.6 Å². The molecule has 0 unspecified atom stereocenters. The molecule has 0 radical (unpaired) electrons. The van der Waals surface area contributed by atoms with Crippen LogP contribution in [-0.2, 0) is 27.8 Å². The molecule has 0 spiro atoms. The molecule has 2 aromatic rings. The van der Waals surface area contributed by atoms with Crippen LogP contribution in [-0.4, -0.2) is 36.7 Å². The van der Waals surface area contributed by atoms with Crippen LogP contribution in [0.4, 0.5) is 0 Å². The summed E-state index contributed by atoms with van der Waals surface area (Å²) < 4.78 is 27.0. The second kappa shape index (κ2) is 8.28. The number of nitrogens with zero attached hydrogens (tertiary/aromatic N) is 2. The number of aryl methyl sites for hydroxylation is 1. The number of carbonyl (C=O) groups is 1. The zero-order chi connectivity index (χ0) is 18.6. The summed E-state index contributed by atoms with van der Waals surface area (Å²) in [5.74, 6) is -0.176. The number of aromatic nitrogens is 1. The summed E-state index contributed by atoms with van der Waals surface area (Å²) >= 11 is 1.49. The SMILES string of the molecule is CCc1ccc(S(=O)(=O)N2CCC(C(=O)NCc3cscn3)CC2)cc1. The molecule has 26 heavy (non-hydrogen) atoms. The van der Waals surface area contributed by atoms with Crippen molar-refractivity contribution >= 4 is 27.3 Å². The molecule has 6 nitrogen and oxygen atoms in total. The molecule has 0 bridgehead atoms. The number of sulfonamides is 1. The fourth-order valence-corrected chi connectivity index (χ4v) is 5.08. The minimum Gasteiger partial charge on any atom is -0.350 e. The normalized spacial score (nSPS) is 16.5. The van der Waals surface area contributed by atoms with E-state index in [0.717, 1.165) is 17.7 Å². The number of nitrogens with one attached hydrogen (secondary N) is 1. The average Bonchev–Trinajstić information content (AvgIpc) is 3.20. The minimum atomic E-state index is -3.49. The molecule has 1 aliphatic heterocycles. The number of benzene rings is 1. The number of thiazole rings is 1. The van der Waals surface area contributed by atoms with Crippen molar-refractivity contribution in [1.29, 1.82) is 0 Å². The van der Waals surface area contributed by atoms with Gasteiger partial charge in [-0.25, -0.2) is 13.4 Å². The summed E-state index contributed by atoms with van der Waals surface area (Å²) in [6.07, 6.45) is 1.95. The van der Waals surface area contributed by atoms with E-state index in [1.165, 1.54) is 15.6 Å². The molecule has 1 aromatic heterocycles. The molecule has 1 aliphatic rings. The maximum atomic E-state index is 12.8. The minimum absolute atomic E-state index is 0.0256. The Hall–Kier alpha value is -1.77. The van der Waals surface area contributed by atoms with Crippen molar-refractivity contribution in [2.24, 2.45) is 5.92 Å². The zero-order valence-corrected chi connectivity index (χ0v) is 16.4. The Bertz CT molecular complexity index is 825. The molecule has 1 fully saturated rings. The fourth-order valence-electron chi connectivity index (χ4n) is 3.05. The van der Waals surface area contributed by atoms with Crippen LogP contribution >= 0.6 is 11.3 Å². The quantitative estimate of drug-likeness (QED) is 0.817. The standard InChI is InChI=1S/C18H23N3O3S2/c1-2-14-3-5-17(6-4-14)26(23,24)21-9-7-15(8-10-21)18(22)19-11-16-12-25-13-20-16/h3-6,12-13,15H,2,7-11H2,1H3,(H,19,22). The summed E-state index contributed by atoms with van der Waals surface area (Å²) in [5, 5.41) is 4.79. The lowest BCUT2D eigenvalue weighted by atomic mass is 9.97. The molecule has 2 heterocycles. The summed E-state index contributed by atoms with van der Waals surface area (Å²) in [6, 6.07) is 7.04. The predicted molar refractivity (Wildman–Crippen MR) is 101 cm³/mol. The largest absolute Gasteiger partial charge is 0.350 e. The number of hydrogen-bond acceptors (Lipinski definition) is 5. The lowest BCUT2D eigenvalue weighted by molar-refractivity contribution is -0.126. The first-order valence-corrected chi connectivity index (χ1v) is 11.1. The third kappa shape index (κ3) is 4.31. The van der Waals surface area contributed by atoms with Gasteiger partial charge in [-0.3, -0.25) is 4.79 Å². The van der Waals surface area contributed by atoms with Gasteiger partial charge in [0.25, 0.3) is 0 Å². The topological polar surface area (TPSA) is 79.4 Å². The van der Waals surface area contributed by atoms with Gasteiger partial charge in [-0.2, -0.15) is 4.31 Å². The van der Waals surface area contributed by atoms with Crippen molar-refractivity contribution < 1.29 is 13.2 Å². The van der Waals surface area contributed by atoms with Crippen LogP contribution in [0.3, 0.4) is 0 Å². The third-order valence-electron chi connectivity index (χ3n) is 4.72. The number of amides is 1. The maximum absolute atomic E-state index is 12.8. The average molecular weight is 394 g/mol. The van der Waals surface area contributed by atoms with Crippen LogP contribution in [0.5, 0.6) is 0 Å². The van der Waals surface area contributed by atoms with E-state index in [9.17, 15) is 13.2 Å². The van der Waals surface area contributed by atoms with Gasteiger partial charge in [-0.1, -0.05) is 19.1 Å². The van der Waals surface area contributed by atoms with Crippen LogP contribution in [0.25, 0.3) is 0 Å². The van der Waals surface area contributed by atoms with Crippen LogP contribution < -0.4 is 5.32 Å². The summed E-state index contributed by atoms with van der Waals surface area (Å²) in [7, 11) is -3.49.